The quantitative estimate of drug-likeness (QED) is 0.824. The number of anilines is 1. The molecule has 2 aliphatic rings. The largest absolute Gasteiger partial charge is 0.330 e. The Morgan fingerprint density at radius 2 is 2.31 bits per heavy atom. The summed E-state index contributed by atoms with van der Waals surface area (Å²) < 4.78 is 0. The monoisotopic (exact) mass is 216 g/mol. The Hall–Kier alpha value is -1.35. The summed E-state index contributed by atoms with van der Waals surface area (Å²) in [5.74, 6) is 1.28. The van der Waals surface area contributed by atoms with Crippen molar-refractivity contribution in [3.05, 3.63) is 29.8 Å². The van der Waals surface area contributed by atoms with Crippen molar-refractivity contribution in [2.45, 2.75) is 12.8 Å². The molecule has 1 aromatic carbocycles. The Kier molecular flexibility index (Phi) is 2.21. The van der Waals surface area contributed by atoms with Crippen molar-refractivity contribution in [3.63, 3.8) is 0 Å². The van der Waals surface area contributed by atoms with Gasteiger partial charge in [0.2, 0.25) is 5.91 Å². The molecule has 2 unspecified atom stereocenters. The molecule has 3 nitrogen and oxygen atoms in total. The highest BCUT2D eigenvalue weighted by Crippen LogP contribution is 2.47. The van der Waals surface area contributed by atoms with E-state index in [-0.39, 0.29) is 0 Å². The number of carbonyl (C=O) groups is 1. The van der Waals surface area contributed by atoms with E-state index in [1.54, 1.807) is 0 Å². The highest BCUT2D eigenvalue weighted by atomic mass is 16.2. The van der Waals surface area contributed by atoms with Crippen molar-refractivity contribution < 1.29 is 4.79 Å². The third-order valence-corrected chi connectivity index (χ3v) is 3.58. The van der Waals surface area contributed by atoms with Gasteiger partial charge in [-0.05, 0) is 43.0 Å². The minimum atomic E-state index is 0.315. The molecular weight excluding hydrogens is 200 g/mol. The molecule has 2 atom stereocenters. The number of benzene rings is 1. The molecule has 0 radical (unpaired) electrons. The van der Waals surface area contributed by atoms with Crippen molar-refractivity contribution >= 4 is 11.6 Å². The minimum Gasteiger partial charge on any atom is -0.330 e. The van der Waals surface area contributed by atoms with Gasteiger partial charge in [-0.3, -0.25) is 4.79 Å². The third-order valence-electron chi connectivity index (χ3n) is 3.58. The molecule has 2 fully saturated rings. The van der Waals surface area contributed by atoms with Crippen LogP contribution < -0.4 is 10.6 Å². The van der Waals surface area contributed by atoms with E-state index in [1.165, 1.54) is 5.56 Å². The van der Waals surface area contributed by atoms with E-state index in [0.717, 1.165) is 25.1 Å². The van der Waals surface area contributed by atoms with Gasteiger partial charge in [-0.15, -0.1) is 0 Å². The summed E-state index contributed by atoms with van der Waals surface area (Å²) in [5.41, 5.74) is 7.80. The molecule has 1 heterocycles. The highest BCUT2D eigenvalue weighted by molar-refractivity contribution is 5.99. The summed E-state index contributed by atoms with van der Waals surface area (Å²) in [7, 11) is 0. The van der Waals surface area contributed by atoms with E-state index < -0.39 is 0 Å². The zero-order valence-corrected chi connectivity index (χ0v) is 9.23. The lowest BCUT2D eigenvalue weighted by atomic mass is 10.1. The van der Waals surface area contributed by atoms with Crippen LogP contribution in [0.25, 0.3) is 0 Å². The fraction of sp³-hybridized carbons (Fsp3) is 0.462. The summed E-state index contributed by atoms with van der Waals surface area (Å²) in [6.07, 6.45) is 1.99. The van der Waals surface area contributed by atoms with E-state index in [4.69, 9.17) is 5.73 Å². The zero-order valence-electron chi connectivity index (χ0n) is 9.23. The maximum Gasteiger partial charge on any atom is 0.230 e. The number of nitrogens with two attached hydrogens (primary N) is 1. The third kappa shape index (κ3) is 1.52. The Morgan fingerprint density at radius 1 is 1.44 bits per heavy atom. The molecule has 84 valence electrons. The molecule has 3 rings (SSSR count). The molecule has 0 spiro atoms. The molecule has 3 heteroatoms. The molecule has 1 amide bonds. The first kappa shape index (κ1) is 9.85. The van der Waals surface area contributed by atoms with Gasteiger partial charge < -0.3 is 10.6 Å². The van der Waals surface area contributed by atoms with Gasteiger partial charge in [0.1, 0.15) is 0 Å². The number of fused-ring (bicyclic) bond motifs is 1. The summed E-state index contributed by atoms with van der Waals surface area (Å²) in [6, 6.07) is 8.19. The van der Waals surface area contributed by atoms with Gasteiger partial charge in [-0.2, -0.15) is 0 Å². The van der Waals surface area contributed by atoms with Crippen molar-refractivity contribution in [3.8, 4) is 0 Å². The Bertz CT molecular complexity index is 430. The predicted octanol–water partition coefficient (Wildman–Crippen LogP) is 1.17. The fourth-order valence-electron chi connectivity index (χ4n) is 2.56. The molecule has 2 N–H and O–H groups in total. The Morgan fingerprint density at radius 3 is 3.00 bits per heavy atom. The van der Waals surface area contributed by atoms with Gasteiger partial charge in [-0.25, -0.2) is 0 Å². The Balaban J connectivity index is 1.83. The van der Waals surface area contributed by atoms with Gasteiger partial charge in [0.25, 0.3) is 0 Å². The summed E-state index contributed by atoms with van der Waals surface area (Å²) in [5, 5.41) is 0. The lowest BCUT2D eigenvalue weighted by molar-refractivity contribution is -0.118. The number of hydrogen-bond donors (Lipinski definition) is 1. The van der Waals surface area contributed by atoms with E-state index >= 15 is 0 Å². The first-order valence-electron chi connectivity index (χ1n) is 5.90. The van der Waals surface area contributed by atoms with Crippen molar-refractivity contribution in [1.29, 1.82) is 0 Å². The molecule has 0 bridgehead atoms. The molecular formula is C13H16N2O. The predicted molar refractivity (Wildman–Crippen MR) is 63.2 cm³/mol. The van der Waals surface area contributed by atoms with E-state index in [0.29, 0.717) is 24.3 Å². The van der Waals surface area contributed by atoms with E-state index in [1.807, 2.05) is 17.0 Å². The first-order valence-corrected chi connectivity index (χ1v) is 5.90. The van der Waals surface area contributed by atoms with Crippen LogP contribution in [0, 0.1) is 11.8 Å². The average molecular weight is 216 g/mol. The van der Waals surface area contributed by atoms with Crippen LogP contribution in [-0.2, 0) is 11.2 Å². The smallest absolute Gasteiger partial charge is 0.230 e. The second-order valence-corrected chi connectivity index (χ2v) is 4.76. The zero-order chi connectivity index (χ0) is 11.1. The second kappa shape index (κ2) is 3.59. The summed E-state index contributed by atoms with van der Waals surface area (Å²) in [6.45, 7) is 1.57. The summed E-state index contributed by atoms with van der Waals surface area (Å²) in [4.78, 5) is 13.8. The fourth-order valence-corrected chi connectivity index (χ4v) is 2.56. The SMILES string of the molecule is NCCc1cccc(N2CC3CC3C2=O)c1. The van der Waals surface area contributed by atoms with Crippen molar-refractivity contribution in [2.24, 2.45) is 17.6 Å². The molecule has 1 saturated carbocycles. The van der Waals surface area contributed by atoms with Crippen LogP contribution in [-0.4, -0.2) is 19.0 Å². The van der Waals surface area contributed by atoms with Crippen LogP contribution in [0.4, 0.5) is 5.69 Å². The molecule has 1 aromatic rings. The number of rotatable bonds is 3. The minimum absolute atomic E-state index is 0.315. The number of amides is 1. The number of piperidine rings is 1. The van der Waals surface area contributed by atoms with Crippen molar-refractivity contribution in [1.82, 2.24) is 0 Å². The van der Waals surface area contributed by atoms with Gasteiger partial charge in [0.05, 0.1) is 0 Å². The maximum atomic E-state index is 11.9. The van der Waals surface area contributed by atoms with Gasteiger partial charge >= 0.3 is 0 Å². The van der Waals surface area contributed by atoms with Crippen LogP contribution >= 0.6 is 0 Å². The molecule has 16 heavy (non-hydrogen) atoms. The normalized spacial score (nSPS) is 27.1. The van der Waals surface area contributed by atoms with E-state index in [9.17, 15) is 4.79 Å². The topological polar surface area (TPSA) is 46.3 Å². The van der Waals surface area contributed by atoms with Crippen LogP contribution in [0.1, 0.15) is 12.0 Å². The molecule has 0 aromatic heterocycles. The molecule has 1 aliphatic heterocycles. The lowest BCUT2D eigenvalue weighted by Gasteiger charge is -2.19. The maximum absolute atomic E-state index is 11.9. The van der Waals surface area contributed by atoms with Gasteiger partial charge in [0.15, 0.2) is 0 Å². The lowest BCUT2D eigenvalue weighted by Crippen LogP contribution is -2.27. The molecule has 1 saturated heterocycles. The van der Waals surface area contributed by atoms with Crippen LogP contribution in [0.2, 0.25) is 0 Å². The summed E-state index contributed by atoms with van der Waals surface area (Å²) >= 11 is 0. The van der Waals surface area contributed by atoms with Gasteiger partial charge in [0, 0.05) is 18.2 Å². The highest BCUT2D eigenvalue weighted by Gasteiger charge is 2.52. The number of nitrogens with zero attached hydrogens (tertiary/aromatic N) is 1. The van der Waals surface area contributed by atoms with Gasteiger partial charge in [-0.1, -0.05) is 12.1 Å². The van der Waals surface area contributed by atoms with Crippen LogP contribution in [0.15, 0.2) is 24.3 Å². The Labute approximate surface area is 95.2 Å². The number of carbonyl (C=O) groups excluding carboxylic acids is 1. The number of hydrogen-bond acceptors (Lipinski definition) is 2. The standard InChI is InChI=1S/C13H16N2O/c14-5-4-9-2-1-3-11(6-9)15-8-10-7-12(10)13(15)16/h1-3,6,10,12H,4-5,7-8,14H2. The first-order chi connectivity index (χ1) is 7.79. The molecule has 1 aliphatic carbocycles. The van der Waals surface area contributed by atoms with E-state index in [2.05, 4.69) is 12.1 Å². The van der Waals surface area contributed by atoms with Crippen molar-refractivity contribution in [2.75, 3.05) is 18.0 Å². The second-order valence-electron chi connectivity index (χ2n) is 4.76. The van der Waals surface area contributed by atoms with Crippen LogP contribution in [0.3, 0.4) is 0 Å². The van der Waals surface area contributed by atoms with Crippen LogP contribution in [0.5, 0.6) is 0 Å². The average Bonchev–Trinajstić information content (AvgIpc) is 2.99.